The summed E-state index contributed by atoms with van der Waals surface area (Å²) in [6.07, 6.45) is 2.58. The molecular formula is C22H21ClN4O5S. The summed E-state index contributed by atoms with van der Waals surface area (Å²) in [5.41, 5.74) is 1.17. The Morgan fingerprint density at radius 1 is 0.939 bits per heavy atom. The minimum atomic E-state index is -3.59. The first-order valence-corrected chi connectivity index (χ1v) is 12.1. The fraction of sp³-hybridized carbons (Fsp3) is 0.136. The molecule has 1 atom stereocenters. The minimum absolute atomic E-state index is 0.210. The first-order valence-electron chi connectivity index (χ1n) is 9.70. The summed E-state index contributed by atoms with van der Waals surface area (Å²) in [7, 11) is -3.59. The predicted molar refractivity (Wildman–Crippen MR) is 128 cm³/mol. The summed E-state index contributed by atoms with van der Waals surface area (Å²) < 4.78 is 25.1. The van der Waals surface area contributed by atoms with Crippen molar-refractivity contribution in [1.82, 2.24) is 9.88 Å². The lowest BCUT2D eigenvalue weighted by Crippen LogP contribution is -2.49. The fourth-order valence-electron chi connectivity index (χ4n) is 2.92. The van der Waals surface area contributed by atoms with Gasteiger partial charge in [0.2, 0.25) is 5.91 Å². The average Bonchev–Trinajstić information content (AvgIpc) is 2.75. The molecule has 0 spiro atoms. The number of nitrogens with zero attached hydrogens (tertiary/aromatic N) is 1. The lowest BCUT2D eigenvalue weighted by molar-refractivity contribution is -0.117. The Kier molecular flexibility index (Phi) is 7.52. The van der Waals surface area contributed by atoms with Gasteiger partial charge in [-0.1, -0.05) is 17.7 Å². The van der Waals surface area contributed by atoms with E-state index in [9.17, 15) is 22.8 Å². The van der Waals surface area contributed by atoms with Gasteiger partial charge in [-0.05, 0) is 54.6 Å². The van der Waals surface area contributed by atoms with Crippen molar-refractivity contribution in [3.63, 3.8) is 0 Å². The zero-order valence-corrected chi connectivity index (χ0v) is 19.1. The number of carbonyl (C=O) groups excluding carboxylic acids is 2. The molecule has 0 saturated carbocycles. The molecule has 2 aromatic carbocycles. The van der Waals surface area contributed by atoms with Crippen LogP contribution in [0.3, 0.4) is 0 Å². The highest BCUT2D eigenvalue weighted by atomic mass is 35.5. The van der Waals surface area contributed by atoms with E-state index in [2.05, 4.69) is 16.0 Å². The van der Waals surface area contributed by atoms with Crippen molar-refractivity contribution in [2.45, 2.75) is 6.04 Å². The molecule has 33 heavy (non-hydrogen) atoms. The van der Waals surface area contributed by atoms with Gasteiger partial charge in [0, 0.05) is 40.6 Å². The van der Waals surface area contributed by atoms with E-state index >= 15 is 0 Å². The summed E-state index contributed by atoms with van der Waals surface area (Å²) in [4.78, 5) is 37.0. The number of rotatable bonds is 7. The molecule has 0 fully saturated rings. The molecule has 11 heteroatoms. The smallest absolute Gasteiger partial charge is 0.319 e. The number of carbonyl (C=O) groups is 2. The Balaban J connectivity index is 1.71. The lowest BCUT2D eigenvalue weighted by atomic mass is 10.2. The summed E-state index contributed by atoms with van der Waals surface area (Å²) in [6.45, 7) is 0. The third-order valence-electron chi connectivity index (χ3n) is 4.43. The second-order valence-electron chi connectivity index (χ2n) is 7.20. The average molecular weight is 489 g/mol. The second-order valence-corrected chi connectivity index (χ2v) is 9.82. The Morgan fingerprint density at radius 3 is 2.15 bits per heavy atom. The molecule has 0 radical (unpaired) electrons. The highest BCUT2D eigenvalue weighted by Gasteiger charge is 2.25. The van der Waals surface area contributed by atoms with Gasteiger partial charge in [0.15, 0.2) is 0 Å². The Morgan fingerprint density at radius 2 is 1.55 bits per heavy atom. The molecule has 9 nitrogen and oxygen atoms in total. The summed E-state index contributed by atoms with van der Waals surface area (Å²) >= 11 is 5.81. The fourth-order valence-corrected chi connectivity index (χ4v) is 3.89. The maximum absolute atomic E-state index is 12.7. The van der Waals surface area contributed by atoms with E-state index in [0.29, 0.717) is 22.1 Å². The van der Waals surface area contributed by atoms with E-state index in [1.165, 1.54) is 10.6 Å². The topological polar surface area (TPSA) is 126 Å². The Bertz CT molecular complexity index is 1310. The normalized spacial score (nSPS) is 11.9. The molecule has 3 rings (SSSR count). The molecule has 0 bridgehead atoms. The van der Waals surface area contributed by atoms with Crippen molar-refractivity contribution >= 4 is 44.8 Å². The number of benzene rings is 2. The van der Waals surface area contributed by atoms with Gasteiger partial charge in [-0.15, -0.1) is 0 Å². The molecule has 0 aliphatic rings. The van der Waals surface area contributed by atoms with Crippen molar-refractivity contribution in [2.75, 3.05) is 22.6 Å². The van der Waals surface area contributed by atoms with E-state index in [0.717, 1.165) is 6.26 Å². The summed E-state index contributed by atoms with van der Waals surface area (Å²) in [5.74, 6) is -1.30. The quantitative estimate of drug-likeness (QED) is 0.471. The SMILES string of the molecule is CS(=O)(=O)C[C@@H](NC(=O)Nc1ccc(Cl)cc1)C(=O)Nc1ccc(-n2ccccc2=O)cc1. The maximum Gasteiger partial charge on any atom is 0.319 e. The minimum Gasteiger partial charge on any atom is -0.325 e. The van der Waals surface area contributed by atoms with Crippen LogP contribution in [0.4, 0.5) is 16.2 Å². The molecule has 0 unspecified atom stereocenters. The van der Waals surface area contributed by atoms with Crippen LogP contribution in [0.15, 0.2) is 77.7 Å². The van der Waals surface area contributed by atoms with Crippen LogP contribution in [0, 0.1) is 0 Å². The molecule has 1 aromatic heterocycles. The van der Waals surface area contributed by atoms with E-state index in [-0.39, 0.29) is 5.56 Å². The molecule has 172 valence electrons. The van der Waals surface area contributed by atoms with Gasteiger partial charge in [0.05, 0.1) is 5.75 Å². The van der Waals surface area contributed by atoms with Gasteiger partial charge in [-0.25, -0.2) is 13.2 Å². The lowest BCUT2D eigenvalue weighted by Gasteiger charge is -2.18. The summed E-state index contributed by atoms with van der Waals surface area (Å²) in [6, 6.07) is 15.3. The molecule has 0 aliphatic heterocycles. The predicted octanol–water partition coefficient (Wildman–Crippen LogP) is 2.66. The molecular weight excluding hydrogens is 468 g/mol. The summed E-state index contributed by atoms with van der Waals surface area (Å²) in [5, 5.41) is 7.97. The van der Waals surface area contributed by atoms with Crippen molar-refractivity contribution in [3.05, 3.63) is 88.3 Å². The van der Waals surface area contributed by atoms with Gasteiger partial charge in [-0.3, -0.25) is 14.2 Å². The van der Waals surface area contributed by atoms with Crippen LogP contribution in [0.2, 0.25) is 5.02 Å². The zero-order chi connectivity index (χ0) is 24.0. The van der Waals surface area contributed by atoms with Gasteiger partial charge < -0.3 is 16.0 Å². The van der Waals surface area contributed by atoms with Crippen molar-refractivity contribution < 1.29 is 18.0 Å². The first-order chi connectivity index (χ1) is 15.6. The number of anilines is 2. The molecule has 3 aromatic rings. The molecule has 1 heterocycles. The van der Waals surface area contributed by atoms with Crippen LogP contribution in [0.1, 0.15) is 0 Å². The van der Waals surface area contributed by atoms with Crippen molar-refractivity contribution in [1.29, 1.82) is 0 Å². The number of hydrogen-bond acceptors (Lipinski definition) is 5. The molecule has 3 N–H and O–H groups in total. The third-order valence-corrected chi connectivity index (χ3v) is 5.62. The van der Waals surface area contributed by atoms with Crippen LogP contribution in [-0.4, -0.2) is 43.0 Å². The van der Waals surface area contributed by atoms with Gasteiger partial charge in [-0.2, -0.15) is 0 Å². The number of urea groups is 1. The number of sulfone groups is 1. The van der Waals surface area contributed by atoms with E-state index < -0.39 is 33.6 Å². The third kappa shape index (κ3) is 7.19. The maximum atomic E-state index is 12.7. The van der Waals surface area contributed by atoms with Gasteiger partial charge >= 0.3 is 6.03 Å². The monoisotopic (exact) mass is 488 g/mol. The number of nitrogens with one attached hydrogen (secondary N) is 3. The Labute approximate surface area is 195 Å². The second kappa shape index (κ2) is 10.3. The standard InChI is InChI=1S/C22H21ClN4O5S/c1-33(31,32)14-19(26-22(30)25-17-7-5-15(23)6-8-17)21(29)24-16-9-11-18(12-10-16)27-13-3-2-4-20(27)28/h2-13,19H,14H2,1H3,(H,24,29)(H2,25,26,30)/t19-/m1/s1. The van der Waals surface area contributed by atoms with Crippen LogP contribution >= 0.6 is 11.6 Å². The number of hydrogen-bond donors (Lipinski definition) is 3. The van der Waals surface area contributed by atoms with E-state index in [4.69, 9.17) is 11.6 Å². The number of amides is 3. The van der Waals surface area contributed by atoms with Crippen LogP contribution in [0.25, 0.3) is 5.69 Å². The van der Waals surface area contributed by atoms with E-state index in [1.54, 1.807) is 66.9 Å². The highest BCUT2D eigenvalue weighted by Crippen LogP contribution is 2.14. The first kappa shape index (κ1) is 24.0. The van der Waals surface area contributed by atoms with Crippen LogP contribution in [0.5, 0.6) is 0 Å². The van der Waals surface area contributed by atoms with Crippen LogP contribution in [-0.2, 0) is 14.6 Å². The molecule has 0 aliphatic carbocycles. The van der Waals surface area contributed by atoms with E-state index in [1.807, 2.05) is 0 Å². The Hall–Kier alpha value is -3.63. The highest BCUT2D eigenvalue weighted by molar-refractivity contribution is 7.90. The largest absolute Gasteiger partial charge is 0.325 e. The van der Waals surface area contributed by atoms with Gasteiger partial charge in [0.1, 0.15) is 15.9 Å². The van der Waals surface area contributed by atoms with Crippen molar-refractivity contribution in [3.8, 4) is 5.69 Å². The van der Waals surface area contributed by atoms with Crippen molar-refractivity contribution in [2.24, 2.45) is 0 Å². The zero-order valence-electron chi connectivity index (χ0n) is 17.5. The molecule has 0 saturated heterocycles. The number of aromatic nitrogens is 1. The number of halogens is 1. The number of pyridine rings is 1. The van der Waals surface area contributed by atoms with Gasteiger partial charge in [0.25, 0.3) is 5.56 Å². The molecule has 3 amide bonds. The van der Waals surface area contributed by atoms with Crippen LogP contribution < -0.4 is 21.5 Å².